The van der Waals surface area contributed by atoms with Gasteiger partial charge in [0.1, 0.15) is 5.82 Å². The Morgan fingerprint density at radius 1 is 1.31 bits per heavy atom. The molecule has 0 aliphatic heterocycles. The summed E-state index contributed by atoms with van der Waals surface area (Å²) in [5, 5.41) is 0. The van der Waals surface area contributed by atoms with E-state index in [1.165, 1.54) is 30.5 Å². The molecule has 0 bridgehead atoms. The minimum atomic E-state index is -0.135. The second-order valence-electron chi connectivity index (χ2n) is 3.23. The summed E-state index contributed by atoms with van der Waals surface area (Å²) in [4.78, 5) is 0. The highest BCUT2D eigenvalue weighted by Crippen LogP contribution is 2.39. The van der Waals surface area contributed by atoms with Gasteiger partial charge in [0.25, 0.3) is 0 Å². The maximum Gasteiger partial charge on any atom is 0.123 e. The topological polar surface area (TPSA) is 26.0 Å². The molecule has 0 aromatic heterocycles. The minimum absolute atomic E-state index is 0.135. The highest BCUT2D eigenvalue weighted by Gasteiger charge is 2.22. The van der Waals surface area contributed by atoms with E-state index in [-0.39, 0.29) is 5.82 Å². The molecule has 1 aliphatic carbocycles. The number of rotatable bonds is 1. The fraction of sp³-hybridized carbons (Fsp3) is 0.455. The monoisotopic (exact) mass is 181 g/mol. The second-order valence-corrected chi connectivity index (χ2v) is 3.23. The fourth-order valence-corrected chi connectivity index (χ4v) is 1.15. The standard InChI is InChI=1S/C9H9F.C2H7N/c10-9-5-3-8(4-6-9)7-1-2-7;1-2-3/h3-7H,1-2H2;2-3H2,1H3. The summed E-state index contributed by atoms with van der Waals surface area (Å²) in [7, 11) is 0. The molecule has 0 amide bonds. The van der Waals surface area contributed by atoms with Gasteiger partial charge in [-0.25, -0.2) is 4.39 Å². The molecule has 72 valence electrons. The van der Waals surface area contributed by atoms with Crippen LogP contribution in [0, 0.1) is 5.82 Å². The van der Waals surface area contributed by atoms with Gasteiger partial charge in [-0.3, -0.25) is 0 Å². The maximum absolute atomic E-state index is 12.4. The van der Waals surface area contributed by atoms with Gasteiger partial charge in [-0.05, 0) is 43.0 Å². The van der Waals surface area contributed by atoms with E-state index >= 15 is 0 Å². The second kappa shape index (κ2) is 4.97. The molecular weight excluding hydrogens is 165 g/mol. The van der Waals surface area contributed by atoms with Gasteiger partial charge in [0.2, 0.25) is 0 Å². The molecule has 0 saturated heterocycles. The average molecular weight is 181 g/mol. The van der Waals surface area contributed by atoms with Crippen molar-refractivity contribution in [3.63, 3.8) is 0 Å². The first-order valence-corrected chi connectivity index (χ1v) is 4.73. The van der Waals surface area contributed by atoms with Crippen molar-refractivity contribution in [1.82, 2.24) is 0 Å². The van der Waals surface area contributed by atoms with Crippen molar-refractivity contribution in [1.29, 1.82) is 0 Å². The predicted octanol–water partition coefficient (Wildman–Crippen LogP) is 2.67. The summed E-state index contributed by atoms with van der Waals surface area (Å²) in [6.07, 6.45) is 2.57. The summed E-state index contributed by atoms with van der Waals surface area (Å²) in [5.41, 5.74) is 6.14. The summed E-state index contributed by atoms with van der Waals surface area (Å²) >= 11 is 0. The quantitative estimate of drug-likeness (QED) is 0.708. The number of hydrogen-bond donors (Lipinski definition) is 1. The lowest BCUT2D eigenvalue weighted by Crippen LogP contribution is -1.87. The third kappa shape index (κ3) is 3.55. The lowest BCUT2D eigenvalue weighted by Gasteiger charge is -1.94. The maximum atomic E-state index is 12.4. The molecule has 0 spiro atoms. The Bertz CT molecular complexity index is 239. The van der Waals surface area contributed by atoms with E-state index in [4.69, 9.17) is 5.73 Å². The molecule has 2 heteroatoms. The van der Waals surface area contributed by atoms with Crippen LogP contribution in [-0.2, 0) is 0 Å². The first-order valence-electron chi connectivity index (χ1n) is 4.73. The zero-order valence-corrected chi connectivity index (χ0v) is 7.96. The first kappa shape index (κ1) is 10.2. The van der Waals surface area contributed by atoms with Crippen LogP contribution in [0.4, 0.5) is 4.39 Å². The average Bonchev–Trinajstić information content (AvgIpc) is 2.90. The van der Waals surface area contributed by atoms with Gasteiger partial charge < -0.3 is 5.73 Å². The van der Waals surface area contributed by atoms with Crippen LogP contribution in [0.2, 0.25) is 0 Å². The fourth-order valence-electron chi connectivity index (χ4n) is 1.15. The Kier molecular flexibility index (Phi) is 3.90. The number of nitrogens with two attached hydrogens (primary N) is 1. The van der Waals surface area contributed by atoms with Gasteiger partial charge in [0, 0.05) is 0 Å². The van der Waals surface area contributed by atoms with E-state index < -0.39 is 0 Å². The van der Waals surface area contributed by atoms with Gasteiger partial charge in [0.15, 0.2) is 0 Å². The largest absolute Gasteiger partial charge is 0.331 e. The van der Waals surface area contributed by atoms with Crippen molar-refractivity contribution >= 4 is 0 Å². The molecule has 1 aliphatic rings. The Morgan fingerprint density at radius 2 is 1.77 bits per heavy atom. The van der Waals surface area contributed by atoms with E-state index in [0.29, 0.717) is 0 Å². The van der Waals surface area contributed by atoms with Crippen LogP contribution in [-0.4, -0.2) is 6.54 Å². The van der Waals surface area contributed by atoms with Crippen LogP contribution < -0.4 is 5.73 Å². The summed E-state index contributed by atoms with van der Waals surface area (Å²) in [6, 6.07) is 6.83. The molecule has 0 atom stereocenters. The van der Waals surface area contributed by atoms with Crippen molar-refractivity contribution in [2.45, 2.75) is 25.7 Å². The summed E-state index contributed by atoms with van der Waals surface area (Å²) in [6.45, 7) is 2.65. The van der Waals surface area contributed by atoms with Crippen molar-refractivity contribution < 1.29 is 4.39 Å². The molecule has 1 saturated carbocycles. The van der Waals surface area contributed by atoms with Crippen LogP contribution in [0.15, 0.2) is 24.3 Å². The summed E-state index contributed by atoms with van der Waals surface area (Å²) < 4.78 is 12.4. The molecule has 1 fully saturated rings. The zero-order chi connectivity index (χ0) is 9.68. The van der Waals surface area contributed by atoms with Gasteiger partial charge in [0.05, 0.1) is 0 Å². The van der Waals surface area contributed by atoms with Crippen LogP contribution in [0.5, 0.6) is 0 Å². The first-order chi connectivity index (χ1) is 6.27. The van der Waals surface area contributed by atoms with Crippen molar-refractivity contribution in [3.05, 3.63) is 35.6 Å². The molecule has 1 aromatic rings. The number of benzene rings is 1. The van der Waals surface area contributed by atoms with E-state index in [9.17, 15) is 4.39 Å². The third-order valence-corrected chi connectivity index (χ3v) is 1.92. The Balaban J connectivity index is 0.000000251. The molecular formula is C11H16FN. The third-order valence-electron chi connectivity index (χ3n) is 1.92. The van der Waals surface area contributed by atoms with Crippen LogP contribution >= 0.6 is 0 Å². The summed E-state index contributed by atoms with van der Waals surface area (Å²) in [5.74, 6) is 0.602. The Hall–Kier alpha value is -0.890. The van der Waals surface area contributed by atoms with Gasteiger partial charge >= 0.3 is 0 Å². The zero-order valence-electron chi connectivity index (χ0n) is 7.96. The molecule has 0 heterocycles. The number of halogens is 1. The Morgan fingerprint density at radius 3 is 2.15 bits per heavy atom. The lowest BCUT2D eigenvalue weighted by atomic mass is 10.1. The van der Waals surface area contributed by atoms with Crippen LogP contribution in [0.3, 0.4) is 0 Å². The SMILES string of the molecule is CCN.Fc1ccc(C2CC2)cc1. The smallest absolute Gasteiger partial charge is 0.123 e. The van der Waals surface area contributed by atoms with Crippen molar-refractivity contribution in [2.75, 3.05) is 6.54 Å². The lowest BCUT2D eigenvalue weighted by molar-refractivity contribution is 0.627. The van der Waals surface area contributed by atoms with Crippen molar-refractivity contribution in [2.24, 2.45) is 5.73 Å². The molecule has 0 unspecified atom stereocenters. The van der Waals surface area contributed by atoms with Gasteiger partial charge in [-0.15, -0.1) is 0 Å². The molecule has 1 aromatic carbocycles. The molecule has 0 radical (unpaired) electrons. The van der Waals surface area contributed by atoms with E-state index in [0.717, 1.165) is 12.5 Å². The molecule has 1 nitrogen and oxygen atoms in total. The minimum Gasteiger partial charge on any atom is -0.331 e. The molecule has 13 heavy (non-hydrogen) atoms. The highest BCUT2D eigenvalue weighted by molar-refractivity contribution is 5.23. The Labute approximate surface area is 78.8 Å². The van der Waals surface area contributed by atoms with E-state index in [2.05, 4.69) is 0 Å². The highest BCUT2D eigenvalue weighted by atomic mass is 19.1. The van der Waals surface area contributed by atoms with E-state index in [1.54, 1.807) is 0 Å². The van der Waals surface area contributed by atoms with Gasteiger partial charge in [-0.2, -0.15) is 0 Å². The predicted molar refractivity (Wildman–Crippen MR) is 53.1 cm³/mol. The normalized spacial score (nSPS) is 14.7. The molecule has 2 rings (SSSR count). The number of hydrogen-bond acceptors (Lipinski definition) is 1. The van der Waals surface area contributed by atoms with Gasteiger partial charge in [-0.1, -0.05) is 19.1 Å². The van der Waals surface area contributed by atoms with E-state index in [1.807, 2.05) is 19.1 Å². The molecule has 2 N–H and O–H groups in total. The van der Waals surface area contributed by atoms with Crippen LogP contribution in [0.1, 0.15) is 31.2 Å². The van der Waals surface area contributed by atoms with Crippen LogP contribution in [0.25, 0.3) is 0 Å². The van der Waals surface area contributed by atoms with Crippen molar-refractivity contribution in [3.8, 4) is 0 Å².